The molecule has 6 nitrogen and oxygen atoms in total. The van der Waals surface area contributed by atoms with Crippen molar-refractivity contribution in [3.63, 3.8) is 0 Å². The molecule has 0 unspecified atom stereocenters. The van der Waals surface area contributed by atoms with E-state index in [4.69, 9.17) is 4.74 Å². The average Bonchev–Trinajstić information content (AvgIpc) is 3.10. The highest BCUT2D eigenvalue weighted by Crippen LogP contribution is 2.28. The molecule has 19 heavy (non-hydrogen) atoms. The molecular weight excluding hydrogens is 242 g/mol. The van der Waals surface area contributed by atoms with Crippen LogP contribution in [0, 0.1) is 0 Å². The van der Waals surface area contributed by atoms with Crippen LogP contribution in [0.25, 0.3) is 0 Å². The molecule has 2 aromatic rings. The number of aryl methyl sites for hydroxylation is 1. The highest BCUT2D eigenvalue weighted by Gasteiger charge is 2.35. The lowest BCUT2D eigenvalue weighted by atomic mass is 10.0. The zero-order chi connectivity index (χ0) is 13.2. The van der Waals surface area contributed by atoms with Crippen LogP contribution in [0.3, 0.4) is 0 Å². The molecule has 6 heteroatoms. The van der Waals surface area contributed by atoms with Gasteiger partial charge in [-0.2, -0.15) is 0 Å². The summed E-state index contributed by atoms with van der Waals surface area (Å²) in [4.78, 5) is 5.49. The van der Waals surface area contributed by atoms with Crippen molar-refractivity contribution in [1.82, 2.24) is 24.9 Å². The van der Waals surface area contributed by atoms with Crippen molar-refractivity contribution in [1.29, 1.82) is 0 Å². The van der Waals surface area contributed by atoms with Crippen LogP contribution >= 0.6 is 0 Å². The maximum atomic E-state index is 5.61. The molecule has 102 valence electrons. The van der Waals surface area contributed by atoms with E-state index in [9.17, 15) is 0 Å². The SMILES string of the molecule is CO[C@@H]1CN(Cc2cc[nH]c2)C[C@H]1c1cn(C)nn1. The van der Waals surface area contributed by atoms with Crippen LogP contribution in [-0.4, -0.2) is 51.2 Å². The van der Waals surface area contributed by atoms with Crippen molar-refractivity contribution in [2.75, 3.05) is 20.2 Å². The second-order valence-electron chi connectivity index (χ2n) is 5.11. The number of H-pyrrole nitrogens is 1. The molecule has 1 saturated heterocycles. The molecular formula is C13H19N5O. The lowest BCUT2D eigenvalue weighted by molar-refractivity contribution is 0.0957. The summed E-state index contributed by atoms with van der Waals surface area (Å²) in [6, 6.07) is 2.11. The highest BCUT2D eigenvalue weighted by atomic mass is 16.5. The zero-order valence-electron chi connectivity index (χ0n) is 11.3. The van der Waals surface area contributed by atoms with Gasteiger partial charge in [-0.05, 0) is 11.6 Å². The van der Waals surface area contributed by atoms with Crippen LogP contribution in [-0.2, 0) is 18.3 Å². The second kappa shape index (κ2) is 5.14. The summed E-state index contributed by atoms with van der Waals surface area (Å²) in [5.74, 6) is 0.303. The Morgan fingerprint density at radius 1 is 1.47 bits per heavy atom. The minimum absolute atomic E-state index is 0.190. The number of aromatic nitrogens is 4. The van der Waals surface area contributed by atoms with Gasteiger partial charge in [0.25, 0.3) is 0 Å². The van der Waals surface area contributed by atoms with Crippen LogP contribution < -0.4 is 0 Å². The number of methoxy groups -OCH3 is 1. The number of hydrogen-bond donors (Lipinski definition) is 1. The van der Waals surface area contributed by atoms with E-state index in [0.29, 0.717) is 5.92 Å². The first-order chi connectivity index (χ1) is 9.26. The van der Waals surface area contributed by atoms with E-state index in [1.807, 2.05) is 25.6 Å². The predicted molar refractivity (Wildman–Crippen MR) is 70.6 cm³/mol. The zero-order valence-corrected chi connectivity index (χ0v) is 11.3. The minimum Gasteiger partial charge on any atom is -0.379 e. The molecule has 1 fully saturated rings. The van der Waals surface area contributed by atoms with E-state index < -0.39 is 0 Å². The van der Waals surface area contributed by atoms with Gasteiger partial charge in [0.2, 0.25) is 0 Å². The molecule has 0 saturated carbocycles. The molecule has 1 aliphatic heterocycles. The van der Waals surface area contributed by atoms with Gasteiger partial charge in [-0.15, -0.1) is 5.10 Å². The average molecular weight is 261 g/mol. The fourth-order valence-electron chi connectivity index (χ4n) is 2.75. The van der Waals surface area contributed by atoms with E-state index in [1.54, 1.807) is 11.8 Å². The van der Waals surface area contributed by atoms with Crippen LogP contribution in [0.2, 0.25) is 0 Å². The Morgan fingerprint density at radius 2 is 2.37 bits per heavy atom. The smallest absolute Gasteiger partial charge is 0.0897 e. The Balaban J connectivity index is 1.71. The molecule has 3 heterocycles. The molecule has 3 rings (SSSR count). The largest absolute Gasteiger partial charge is 0.379 e. The quantitative estimate of drug-likeness (QED) is 0.882. The molecule has 0 amide bonds. The monoisotopic (exact) mass is 261 g/mol. The van der Waals surface area contributed by atoms with Gasteiger partial charge in [-0.1, -0.05) is 5.21 Å². The highest BCUT2D eigenvalue weighted by molar-refractivity contribution is 5.13. The topological polar surface area (TPSA) is 59.0 Å². The van der Waals surface area contributed by atoms with Crippen LogP contribution in [0.5, 0.6) is 0 Å². The number of likely N-dealkylation sites (tertiary alicyclic amines) is 1. The minimum atomic E-state index is 0.190. The van der Waals surface area contributed by atoms with Gasteiger partial charge >= 0.3 is 0 Å². The number of aromatic amines is 1. The van der Waals surface area contributed by atoms with Crippen molar-refractivity contribution in [2.24, 2.45) is 7.05 Å². The molecule has 0 aliphatic carbocycles. The molecule has 1 aliphatic rings. The molecule has 2 atom stereocenters. The van der Waals surface area contributed by atoms with Gasteiger partial charge in [0, 0.05) is 58.3 Å². The number of nitrogens with zero attached hydrogens (tertiary/aromatic N) is 4. The maximum absolute atomic E-state index is 5.61. The molecule has 0 bridgehead atoms. The van der Waals surface area contributed by atoms with Gasteiger partial charge in [-0.25, -0.2) is 0 Å². The molecule has 0 aromatic carbocycles. The van der Waals surface area contributed by atoms with E-state index in [1.165, 1.54) is 5.56 Å². The molecule has 0 radical (unpaired) electrons. The summed E-state index contributed by atoms with van der Waals surface area (Å²) in [5, 5.41) is 8.25. The van der Waals surface area contributed by atoms with Gasteiger partial charge < -0.3 is 9.72 Å². The third-order valence-electron chi connectivity index (χ3n) is 3.71. The van der Waals surface area contributed by atoms with Crippen molar-refractivity contribution in [3.05, 3.63) is 35.9 Å². The maximum Gasteiger partial charge on any atom is 0.0897 e. The van der Waals surface area contributed by atoms with Crippen molar-refractivity contribution < 1.29 is 4.74 Å². The number of nitrogens with one attached hydrogen (secondary N) is 1. The van der Waals surface area contributed by atoms with Crippen molar-refractivity contribution in [3.8, 4) is 0 Å². The van der Waals surface area contributed by atoms with Crippen LogP contribution in [0.1, 0.15) is 17.2 Å². The summed E-state index contributed by atoms with van der Waals surface area (Å²) < 4.78 is 7.36. The first-order valence-electron chi connectivity index (χ1n) is 6.49. The fourth-order valence-corrected chi connectivity index (χ4v) is 2.75. The Kier molecular flexibility index (Phi) is 3.35. The number of ether oxygens (including phenoxy) is 1. The van der Waals surface area contributed by atoms with Gasteiger partial charge in [-0.3, -0.25) is 9.58 Å². The molecule has 2 aromatic heterocycles. The second-order valence-corrected chi connectivity index (χ2v) is 5.11. The lowest BCUT2D eigenvalue weighted by Crippen LogP contribution is -2.22. The van der Waals surface area contributed by atoms with Gasteiger partial charge in [0.15, 0.2) is 0 Å². The molecule has 0 spiro atoms. The van der Waals surface area contributed by atoms with E-state index >= 15 is 0 Å². The summed E-state index contributed by atoms with van der Waals surface area (Å²) in [7, 11) is 3.67. The van der Waals surface area contributed by atoms with Crippen molar-refractivity contribution >= 4 is 0 Å². The predicted octanol–water partition coefficient (Wildman–Crippen LogP) is 0.758. The Hall–Kier alpha value is -1.66. The summed E-state index contributed by atoms with van der Waals surface area (Å²) >= 11 is 0. The first kappa shape index (κ1) is 12.4. The van der Waals surface area contributed by atoms with E-state index in [2.05, 4.69) is 26.3 Å². The Morgan fingerprint density at radius 3 is 3.00 bits per heavy atom. The van der Waals surface area contributed by atoms with Crippen LogP contribution in [0.4, 0.5) is 0 Å². The van der Waals surface area contributed by atoms with E-state index in [0.717, 1.165) is 25.3 Å². The summed E-state index contributed by atoms with van der Waals surface area (Å²) in [5.41, 5.74) is 2.32. The summed E-state index contributed by atoms with van der Waals surface area (Å²) in [6.07, 6.45) is 6.17. The standard InChI is InChI=1S/C13H19N5O/c1-17-8-12(15-16-17)11-7-18(9-13(11)19-2)6-10-3-4-14-5-10/h3-5,8,11,13-14H,6-7,9H2,1-2H3/t11-,13+/m0/s1. The lowest BCUT2D eigenvalue weighted by Gasteiger charge is -2.13. The van der Waals surface area contributed by atoms with E-state index in [-0.39, 0.29) is 6.10 Å². The summed E-state index contributed by atoms with van der Waals surface area (Å²) in [6.45, 7) is 2.84. The number of rotatable bonds is 4. The molecule has 1 N–H and O–H groups in total. The van der Waals surface area contributed by atoms with Gasteiger partial charge in [0.1, 0.15) is 0 Å². The van der Waals surface area contributed by atoms with Crippen molar-refractivity contribution in [2.45, 2.75) is 18.6 Å². The first-order valence-corrected chi connectivity index (χ1v) is 6.49. The van der Waals surface area contributed by atoms with Crippen LogP contribution in [0.15, 0.2) is 24.7 Å². The van der Waals surface area contributed by atoms with Gasteiger partial charge in [0.05, 0.1) is 11.8 Å². The Bertz CT molecular complexity index is 521. The fraction of sp³-hybridized carbons (Fsp3) is 0.538. The normalized spacial score (nSPS) is 24.1. The third kappa shape index (κ3) is 2.54. The number of hydrogen-bond acceptors (Lipinski definition) is 4. The Labute approximate surface area is 112 Å². The third-order valence-corrected chi connectivity index (χ3v) is 3.71.